The van der Waals surface area contributed by atoms with Gasteiger partial charge in [0.25, 0.3) is 0 Å². The summed E-state index contributed by atoms with van der Waals surface area (Å²) in [4.78, 5) is 0. The van der Waals surface area contributed by atoms with Gasteiger partial charge >= 0.3 is 0 Å². The number of nitrogens with zero attached hydrogens (tertiary/aromatic N) is 2. The molecule has 0 radical (unpaired) electrons. The molecular formula is C7H11N5. The number of hydrogen-bond acceptors (Lipinski definition) is 5. The van der Waals surface area contributed by atoms with Crippen molar-refractivity contribution in [3.8, 4) is 0 Å². The van der Waals surface area contributed by atoms with Crippen LogP contribution in [-0.2, 0) is 6.42 Å². The van der Waals surface area contributed by atoms with E-state index in [0.717, 1.165) is 30.6 Å². The van der Waals surface area contributed by atoms with E-state index in [9.17, 15) is 0 Å². The van der Waals surface area contributed by atoms with E-state index >= 15 is 0 Å². The van der Waals surface area contributed by atoms with Crippen LogP contribution in [0.15, 0.2) is 6.20 Å². The fraction of sp³-hybridized carbons (Fsp3) is 0.429. The number of nitrogen functional groups attached to an aromatic ring is 1. The largest absolute Gasteiger partial charge is 0.383 e. The highest BCUT2D eigenvalue weighted by atomic mass is 15.3. The van der Waals surface area contributed by atoms with Crippen LogP contribution >= 0.6 is 0 Å². The second kappa shape index (κ2) is 2.94. The highest BCUT2D eigenvalue weighted by molar-refractivity contribution is 5.61. The Hall–Kier alpha value is -1.36. The lowest BCUT2D eigenvalue weighted by Gasteiger charge is -2.18. The van der Waals surface area contributed by atoms with Crippen LogP contribution < -0.4 is 16.6 Å². The second-order valence-corrected chi connectivity index (χ2v) is 2.76. The van der Waals surface area contributed by atoms with Crippen LogP contribution in [0.2, 0.25) is 0 Å². The Balaban J connectivity index is 2.44. The molecule has 0 unspecified atom stereocenters. The molecule has 0 amide bonds. The molecule has 5 heteroatoms. The van der Waals surface area contributed by atoms with Gasteiger partial charge in [0, 0.05) is 12.1 Å². The molecule has 0 spiro atoms. The van der Waals surface area contributed by atoms with Crippen molar-refractivity contribution in [2.45, 2.75) is 12.8 Å². The lowest BCUT2D eigenvalue weighted by atomic mass is 10.1. The van der Waals surface area contributed by atoms with E-state index in [1.165, 1.54) is 0 Å². The standard InChI is InChI=1S/C7H11N5/c8-11-7-5-2-1-3-9-6(5)4-10-12-7/h4,9H,1-3,8H2,(H,11,12). The molecule has 5 nitrogen and oxygen atoms in total. The summed E-state index contributed by atoms with van der Waals surface area (Å²) in [5, 5.41) is 10.9. The molecule has 1 aliphatic heterocycles. The van der Waals surface area contributed by atoms with Crippen LogP contribution in [0, 0.1) is 0 Å². The molecule has 4 N–H and O–H groups in total. The van der Waals surface area contributed by atoms with Crippen LogP contribution in [-0.4, -0.2) is 16.7 Å². The maximum atomic E-state index is 5.29. The van der Waals surface area contributed by atoms with Gasteiger partial charge in [-0.2, -0.15) is 5.10 Å². The number of rotatable bonds is 1. The van der Waals surface area contributed by atoms with E-state index in [1.807, 2.05) is 0 Å². The fourth-order valence-corrected chi connectivity index (χ4v) is 1.42. The summed E-state index contributed by atoms with van der Waals surface area (Å²) in [7, 11) is 0. The van der Waals surface area contributed by atoms with Crippen LogP contribution in [0.25, 0.3) is 0 Å². The first-order chi connectivity index (χ1) is 5.92. The van der Waals surface area contributed by atoms with Gasteiger partial charge in [-0.3, -0.25) is 0 Å². The van der Waals surface area contributed by atoms with Gasteiger partial charge in [0.05, 0.1) is 11.9 Å². The Bertz CT molecular complexity index is 271. The minimum absolute atomic E-state index is 0.680. The average Bonchev–Trinajstić information content (AvgIpc) is 2.17. The van der Waals surface area contributed by atoms with Gasteiger partial charge in [-0.1, -0.05) is 0 Å². The van der Waals surface area contributed by atoms with Crippen molar-refractivity contribution < 1.29 is 0 Å². The SMILES string of the molecule is NNc1nncc2c1CCCN2. The molecule has 0 saturated heterocycles. The predicted molar refractivity (Wildman–Crippen MR) is 46.7 cm³/mol. The third-order valence-electron chi connectivity index (χ3n) is 2.01. The quantitative estimate of drug-likeness (QED) is 0.407. The Kier molecular flexibility index (Phi) is 1.79. The van der Waals surface area contributed by atoms with Gasteiger partial charge in [0.1, 0.15) is 0 Å². The number of fused-ring (bicyclic) bond motifs is 1. The molecule has 0 bridgehead atoms. The van der Waals surface area contributed by atoms with Gasteiger partial charge in [0.15, 0.2) is 5.82 Å². The first kappa shape index (κ1) is 7.30. The van der Waals surface area contributed by atoms with E-state index in [-0.39, 0.29) is 0 Å². The minimum Gasteiger partial charge on any atom is -0.383 e. The molecule has 0 aliphatic carbocycles. The summed E-state index contributed by atoms with van der Waals surface area (Å²) in [6, 6.07) is 0. The van der Waals surface area contributed by atoms with Crippen LogP contribution in [0.1, 0.15) is 12.0 Å². The molecule has 0 saturated carbocycles. The summed E-state index contributed by atoms with van der Waals surface area (Å²) >= 11 is 0. The molecule has 0 fully saturated rings. The lowest BCUT2D eigenvalue weighted by molar-refractivity contribution is 0.812. The number of nitrogens with two attached hydrogens (primary N) is 1. The van der Waals surface area contributed by atoms with E-state index in [2.05, 4.69) is 20.9 Å². The monoisotopic (exact) mass is 165 g/mol. The maximum absolute atomic E-state index is 5.29. The van der Waals surface area contributed by atoms with Gasteiger partial charge in [-0.15, -0.1) is 5.10 Å². The average molecular weight is 165 g/mol. The number of hydrogen-bond donors (Lipinski definition) is 3. The first-order valence-electron chi connectivity index (χ1n) is 3.97. The summed E-state index contributed by atoms with van der Waals surface area (Å²) in [5.74, 6) is 5.97. The molecule has 2 rings (SSSR count). The summed E-state index contributed by atoms with van der Waals surface area (Å²) in [6.45, 7) is 1.00. The van der Waals surface area contributed by atoms with Gasteiger partial charge in [-0.25, -0.2) is 5.84 Å². The van der Waals surface area contributed by atoms with Gasteiger partial charge in [-0.05, 0) is 12.8 Å². The Morgan fingerprint density at radius 3 is 3.33 bits per heavy atom. The third-order valence-corrected chi connectivity index (χ3v) is 2.01. The highest BCUT2D eigenvalue weighted by Gasteiger charge is 2.13. The fourth-order valence-electron chi connectivity index (χ4n) is 1.42. The van der Waals surface area contributed by atoms with Crippen LogP contribution in [0.5, 0.6) is 0 Å². The third kappa shape index (κ3) is 1.08. The zero-order valence-electron chi connectivity index (χ0n) is 6.67. The predicted octanol–water partition coefficient (Wildman–Crippen LogP) is 0.120. The van der Waals surface area contributed by atoms with E-state index in [0.29, 0.717) is 5.82 Å². The first-order valence-corrected chi connectivity index (χ1v) is 3.97. The number of anilines is 2. The van der Waals surface area contributed by atoms with E-state index in [4.69, 9.17) is 5.84 Å². The molecule has 2 heterocycles. The summed E-state index contributed by atoms with van der Waals surface area (Å²) < 4.78 is 0. The lowest BCUT2D eigenvalue weighted by Crippen LogP contribution is -2.18. The van der Waals surface area contributed by atoms with Crippen molar-refractivity contribution in [2.24, 2.45) is 5.84 Å². The molecule has 1 aliphatic rings. The van der Waals surface area contributed by atoms with Gasteiger partial charge < -0.3 is 10.7 Å². The number of aromatic nitrogens is 2. The molecule has 0 atom stereocenters. The van der Waals surface area contributed by atoms with Crippen molar-refractivity contribution >= 4 is 11.5 Å². The van der Waals surface area contributed by atoms with Crippen molar-refractivity contribution in [2.75, 3.05) is 17.3 Å². The topological polar surface area (TPSA) is 75.9 Å². The molecule has 1 aromatic heterocycles. The minimum atomic E-state index is 0.680. The number of nitrogens with one attached hydrogen (secondary N) is 2. The molecule has 0 aromatic carbocycles. The van der Waals surface area contributed by atoms with Gasteiger partial charge in [0.2, 0.25) is 0 Å². The van der Waals surface area contributed by atoms with Crippen molar-refractivity contribution in [1.82, 2.24) is 10.2 Å². The molecular weight excluding hydrogens is 154 g/mol. The maximum Gasteiger partial charge on any atom is 0.167 e. The molecule has 64 valence electrons. The van der Waals surface area contributed by atoms with E-state index in [1.54, 1.807) is 6.20 Å². The zero-order valence-corrected chi connectivity index (χ0v) is 6.67. The van der Waals surface area contributed by atoms with Crippen molar-refractivity contribution in [3.05, 3.63) is 11.8 Å². The summed E-state index contributed by atoms with van der Waals surface area (Å²) in [5.41, 5.74) is 4.72. The Morgan fingerprint density at radius 2 is 2.50 bits per heavy atom. The molecule has 1 aromatic rings. The van der Waals surface area contributed by atoms with E-state index < -0.39 is 0 Å². The van der Waals surface area contributed by atoms with Crippen molar-refractivity contribution in [1.29, 1.82) is 0 Å². The normalized spacial score (nSPS) is 14.8. The summed E-state index contributed by atoms with van der Waals surface area (Å²) in [6.07, 6.45) is 3.86. The Labute approximate surface area is 70.3 Å². The van der Waals surface area contributed by atoms with Crippen LogP contribution in [0.3, 0.4) is 0 Å². The zero-order chi connectivity index (χ0) is 8.39. The van der Waals surface area contributed by atoms with Crippen LogP contribution in [0.4, 0.5) is 11.5 Å². The van der Waals surface area contributed by atoms with Crippen molar-refractivity contribution in [3.63, 3.8) is 0 Å². The smallest absolute Gasteiger partial charge is 0.167 e. The second-order valence-electron chi connectivity index (χ2n) is 2.76. The highest BCUT2D eigenvalue weighted by Crippen LogP contribution is 2.24. The molecule has 12 heavy (non-hydrogen) atoms. The number of hydrazine groups is 1. The Morgan fingerprint density at radius 1 is 1.58 bits per heavy atom.